The van der Waals surface area contributed by atoms with Gasteiger partial charge in [0, 0.05) is 6.08 Å². The highest BCUT2D eigenvalue weighted by molar-refractivity contribution is 9.10. The summed E-state index contributed by atoms with van der Waals surface area (Å²) in [5.74, 6) is 0. The molecule has 2 rings (SSSR count). The van der Waals surface area contributed by atoms with E-state index in [0.29, 0.717) is 0 Å². The van der Waals surface area contributed by atoms with Crippen LogP contribution in [-0.2, 0) is 0 Å². The molecular weight excluding hydrogens is 200 g/mol. The van der Waals surface area contributed by atoms with Crippen LogP contribution in [-0.4, -0.2) is 0 Å². The minimum absolute atomic E-state index is 1.13. The summed E-state index contributed by atoms with van der Waals surface area (Å²) < 4.78 is 1.13. The highest BCUT2D eigenvalue weighted by Crippen LogP contribution is 2.25. The summed E-state index contributed by atoms with van der Waals surface area (Å²) in [5, 5.41) is 0. The van der Waals surface area contributed by atoms with Crippen molar-refractivity contribution in [2.24, 2.45) is 0 Å². The second-order valence-electron chi connectivity index (χ2n) is 2.39. The molecule has 0 saturated heterocycles. The van der Waals surface area contributed by atoms with E-state index in [1.807, 2.05) is 24.3 Å². The van der Waals surface area contributed by atoms with Gasteiger partial charge in [-0.05, 0) is 28.1 Å². The molecule has 1 aromatic carbocycles. The minimum Gasteiger partial charge on any atom is -0.0569 e. The molecule has 52 valence electrons. The Hall–Kier alpha value is -0.910. The average Bonchev–Trinajstić information content (AvgIpc) is 2.06. The standard InChI is InChI=1S/C10H6Br/c11-10-7-3-5-8-4-1-2-6-9(8)10/h1,3-7H/q+1. The zero-order valence-electron chi connectivity index (χ0n) is 5.84. The predicted octanol–water partition coefficient (Wildman–Crippen LogP) is 3.29. The third-order valence-electron chi connectivity index (χ3n) is 1.67. The first-order chi connectivity index (χ1) is 5.38. The Bertz CT molecular complexity index is 335. The van der Waals surface area contributed by atoms with Crippen molar-refractivity contribution in [3.63, 3.8) is 0 Å². The third-order valence-corrected chi connectivity index (χ3v) is 2.36. The van der Waals surface area contributed by atoms with Gasteiger partial charge in [-0.25, -0.2) is 0 Å². The second-order valence-corrected chi connectivity index (χ2v) is 3.24. The molecule has 1 aromatic rings. The van der Waals surface area contributed by atoms with Crippen LogP contribution in [0.3, 0.4) is 0 Å². The van der Waals surface area contributed by atoms with E-state index < -0.39 is 0 Å². The van der Waals surface area contributed by atoms with Crippen molar-refractivity contribution < 1.29 is 0 Å². The molecule has 0 nitrogen and oxygen atoms in total. The number of halogens is 1. The smallest absolute Gasteiger partial charge is 0.0569 e. The van der Waals surface area contributed by atoms with Crippen molar-refractivity contribution in [2.45, 2.75) is 0 Å². The van der Waals surface area contributed by atoms with Gasteiger partial charge in [0.2, 0.25) is 0 Å². The first-order valence-corrected chi connectivity index (χ1v) is 4.21. The van der Waals surface area contributed by atoms with Crippen molar-refractivity contribution in [2.75, 3.05) is 0 Å². The Morgan fingerprint density at radius 1 is 1.27 bits per heavy atom. The van der Waals surface area contributed by atoms with Crippen LogP contribution < -0.4 is 0 Å². The molecule has 0 aliphatic heterocycles. The van der Waals surface area contributed by atoms with Crippen LogP contribution >= 0.6 is 15.9 Å². The molecule has 1 aliphatic carbocycles. The first-order valence-electron chi connectivity index (χ1n) is 3.42. The molecule has 0 amide bonds. The highest BCUT2D eigenvalue weighted by Gasteiger charge is 2.10. The number of rotatable bonds is 0. The molecule has 0 fully saturated rings. The van der Waals surface area contributed by atoms with Gasteiger partial charge in [0.1, 0.15) is 17.7 Å². The Morgan fingerprint density at radius 3 is 3.00 bits per heavy atom. The van der Waals surface area contributed by atoms with E-state index in [1.165, 1.54) is 11.1 Å². The fraction of sp³-hybridized carbons (Fsp3) is 0. The van der Waals surface area contributed by atoms with Crippen LogP contribution in [0.5, 0.6) is 0 Å². The van der Waals surface area contributed by atoms with Crippen molar-refractivity contribution in [1.29, 1.82) is 0 Å². The van der Waals surface area contributed by atoms with Crippen LogP contribution in [0, 0.1) is 6.08 Å². The van der Waals surface area contributed by atoms with Gasteiger partial charge in [0.15, 0.2) is 0 Å². The maximum absolute atomic E-state index is 3.48. The van der Waals surface area contributed by atoms with E-state index in [1.54, 1.807) is 0 Å². The zero-order valence-corrected chi connectivity index (χ0v) is 7.43. The third kappa shape index (κ3) is 1.13. The molecule has 1 aliphatic rings. The lowest BCUT2D eigenvalue weighted by molar-refractivity contribution is 1.54. The van der Waals surface area contributed by atoms with Crippen molar-refractivity contribution >= 4 is 28.1 Å². The number of hydrogen-bond donors (Lipinski definition) is 0. The Morgan fingerprint density at radius 2 is 2.18 bits per heavy atom. The fourth-order valence-corrected chi connectivity index (χ4v) is 1.62. The van der Waals surface area contributed by atoms with Crippen LogP contribution in [0.25, 0.3) is 12.2 Å². The normalized spacial score (nSPS) is 12.5. The van der Waals surface area contributed by atoms with Crippen molar-refractivity contribution in [3.05, 3.63) is 46.0 Å². The van der Waals surface area contributed by atoms with Crippen LogP contribution in [0.1, 0.15) is 11.1 Å². The van der Waals surface area contributed by atoms with Crippen LogP contribution in [0.2, 0.25) is 0 Å². The van der Waals surface area contributed by atoms with Gasteiger partial charge < -0.3 is 0 Å². The summed E-state index contributed by atoms with van der Waals surface area (Å²) >= 11 is 3.48. The van der Waals surface area contributed by atoms with Gasteiger partial charge in [-0.2, -0.15) is 0 Å². The summed E-state index contributed by atoms with van der Waals surface area (Å²) in [5.41, 5.74) is 2.47. The fourth-order valence-electron chi connectivity index (χ4n) is 1.12. The van der Waals surface area contributed by atoms with Gasteiger partial charge >= 0.3 is 0 Å². The highest BCUT2D eigenvalue weighted by atomic mass is 79.9. The van der Waals surface area contributed by atoms with Gasteiger partial charge in [-0.3, -0.25) is 0 Å². The molecule has 0 heterocycles. The van der Waals surface area contributed by atoms with E-state index in [4.69, 9.17) is 0 Å². The number of benzene rings is 1. The average molecular weight is 206 g/mol. The van der Waals surface area contributed by atoms with Crippen molar-refractivity contribution in [1.82, 2.24) is 0 Å². The van der Waals surface area contributed by atoms with Crippen LogP contribution in [0.4, 0.5) is 0 Å². The summed E-state index contributed by atoms with van der Waals surface area (Å²) in [6.07, 6.45) is 9.01. The van der Waals surface area contributed by atoms with Gasteiger partial charge in [0.25, 0.3) is 0 Å². The summed E-state index contributed by atoms with van der Waals surface area (Å²) in [7, 11) is 0. The lowest BCUT2D eigenvalue weighted by Crippen LogP contribution is -1.84. The molecule has 0 atom stereocenters. The van der Waals surface area contributed by atoms with E-state index in [-0.39, 0.29) is 0 Å². The molecule has 0 radical (unpaired) electrons. The summed E-state index contributed by atoms with van der Waals surface area (Å²) in [4.78, 5) is 0. The van der Waals surface area contributed by atoms with Gasteiger partial charge in [0.05, 0.1) is 16.1 Å². The molecular formula is C10H6Br+. The van der Waals surface area contributed by atoms with Gasteiger partial charge in [-0.1, -0.05) is 6.07 Å². The quantitative estimate of drug-likeness (QED) is 0.571. The molecule has 0 unspecified atom stereocenters. The maximum Gasteiger partial charge on any atom is 0.112 e. The minimum atomic E-state index is 1.13. The summed E-state index contributed by atoms with van der Waals surface area (Å²) in [6.45, 7) is 0. The first kappa shape index (κ1) is 6.78. The molecule has 0 bridgehead atoms. The van der Waals surface area contributed by atoms with E-state index >= 15 is 0 Å². The number of allylic oxidation sites excluding steroid dienone is 2. The van der Waals surface area contributed by atoms with Crippen LogP contribution in [0.15, 0.2) is 28.7 Å². The second kappa shape index (κ2) is 2.61. The maximum atomic E-state index is 3.48. The predicted molar refractivity (Wildman–Crippen MR) is 50.9 cm³/mol. The van der Waals surface area contributed by atoms with E-state index in [0.717, 1.165) is 4.47 Å². The molecule has 11 heavy (non-hydrogen) atoms. The molecule has 0 N–H and O–H groups in total. The number of fused-ring (bicyclic) bond motifs is 1. The topological polar surface area (TPSA) is 0 Å². The zero-order chi connectivity index (χ0) is 7.68. The Labute approximate surface area is 74.4 Å². The summed E-state index contributed by atoms with van der Waals surface area (Å²) in [6, 6.07) is 6.16. The van der Waals surface area contributed by atoms with Crippen molar-refractivity contribution in [3.8, 4) is 0 Å². The monoisotopic (exact) mass is 205 g/mol. The molecule has 0 aromatic heterocycles. The Kier molecular flexibility index (Phi) is 1.61. The van der Waals surface area contributed by atoms with E-state index in [2.05, 4.69) is 34.1 Å². The molecule has 0 saturated carbocycles. The largest absolute Gasteiger partial charge is 0.112 e. The Balaban J connectivity index is 2.70. The molecule has 0 spiro atoms. The molecule has 1 heteroatoms. The van der Waals surface area contributed by atoms with Gasteiger partial charge in [-0.15, -0.1) is 0 Å². The SMILES string of the molecule is Brc1cccc2c1C=[C+]C=C2. The number of hydrogen-bond acceptors (Lipinski definition) is 0. The van der Waals surface area contributed by atoms with E-state index in [9.17, 15) is 0 Å². The lowest BCUT2D eigenvalue weighted by atomic mass is 10.0. The lowest BCUT2D eigenvalue weighted by Gasteiger charge is -1.96.